The fraction of sp³-hybridized carbons (Fsp3) is 0.943. The van der Waals surface area contributed by atoms with Crippen LogP contribution in [0.4, 0.5) is 0 Å². The number of hydrogen-bond acceptors (Lipinski definition) is 6. The number of aliphatic hydroxyl groups excluding tert-OH is 1. The van der Waals surface area contributed by atoms with Gasteiger partial charge in [-0.05, 0) is 26.7 Å². The zero-order valence-electron chi connectivity index (χ0n) is 27.7. The Morgan fingerprint density at radius 3 is 1.32 bits per heavy atom. The summed E-state index contributed by atoms with van der Waals surface area (Å²) < 4.78 is 16.8. The molecule has 0 aliphatic heterocycles. The van der Waals surface area contributed by atoms with Gasteiger partial charge in [-0.1, -0.05) is 142 Å². The number of carbonyl (C=O) groups is 2. The van der Waals surface area contributed by atoms with Gasteiger partial charge < -0.3 is 19.3 Å². The van der Waals surface area contributed by atoms with Gasteiger partial charge in [0.15, 0.2) is 6.10 Å². The Labute approximate surface area is 254 Å². The molecule has 0 bridgehead atoms. The fourth-order valence-corrected chi connectivity index (χ4v) is 4.85. The van der Waals surface area contributed by atoms with Crippen LogP contribution in [0.2, 0.25) is 0 Å². The first-order valence-electron chi connectivity index (χ1n) is 17.4. The first-order chi connectivity index (χ1) is 19.8. The standard InChI is InChI=1S/C35H68O6/c1-5-7-9-11-13-15-17-19-21-23-25-27-33(37)39-29-32(30-40-35(3,4)31-36)41-34(38)28-26-24-22-20-18-16-14-12-10-8-6-2/h32,36H,5-31H2,1-4H3. The first kappa shape index (κ1) is 39.9. The van der Waals surface area contributed by atoms with Gasteiger partial charge in [0, 0.05) is 12.8 Å². The molecule has 0 rings (SSSR count). The van der Waals surface area contributed by atoms with Crippen molar-refractivity contribution in [3.63, 3.8) is 0 Å². The lowest BCUT2D eigenvalue weighted by Gasteiger charge is -2.26. The normalized spacial score (nSPS) is 12.4. The van der Waals surface area contributed by atoms with E-state index >= 15 is 0 Å². The Morgan fingerprint density at radius 2 is 0.927 bits per heavy atom. The van der Waals surface area contributed by atoms with Gasteiger partial charge in [0.05, 0.1) is 18.8 Å². The molecule has 0 spiro atoms. The summed E-state index contributed by atoms with van der Waals surface area (Å²) in [7, 11) is 0. The predicted molar refractivity (Wildman–Crippen MR) is 170 cm³/mol. The minimum atomic E-state index is -0.750. The van der Waals surface area contributed by atoms with Crippen LogP contribution in [0.25, 0.3) is 0 Å². The Balaban J connectivity index is 4.09. The van der Waals surface area contributed by atoms with Crippen LogP contribution >= 0.6 is 0 Å². The van der Waals surface area contributed by atoms with Crippen molar-refractivity contribution >= 4 is 11.9 Å². The number of unbranched alkanes of at least 4 members (excludes halogenated alkanes) is 20. The third kappa shape index (κ3) is 28.7. The monoisotopic (exact) mass is 585 g/mol. The lowest BCUT2D eigenvalue weighted by atomic mass is 10.1. The van der Waals surface area contributed by atoms with Crippen LogP contribution in [0, 0.1) is 0 Å². The van der Waals surface area contributed by atoms with E-state index in [2.05, 4.69) is 13.8 Å². The minimum absolute atomic E-state index is 0.0115. The first-order valence-corrected chi connectivity index (χ1v) is 17.4. The molecule has 1 unspecified atom stereocenters. The number of ether oxygens (including phenoxy) is 3. The third-order valence-electron chi connectivity index (χ3n) is 7.74. The molecule has 1 N–H and O–H groups in total. The maximum atomic E-state index is 12.5. The van der Waals surface area contributed by atoms with Crippen molar-refractivity contribution < 1.29 is 28.9 Å². The lowest BCUT2D eigenvalue weighted by Crippen LogP contribution is -2.36. The SMILES string of the molecule is CCCCCCCCCCCCCC(=O)OCC(COC(C)(C)CO)OC(=O)CCCCCCCCCCCCC. The van der Waals surface area contributed by atoms with E-state index in [-0.39, 0.29) is 31.8 Å². The van der Waals surface area contributed by atoms with E-state index in [0.717, 1.165) is 38.5 Å². The smallest absolute Gasteiger partial charge is 0.306 e. The summed E-state index contributed by atoms with van der Waals surface area (Å²) in [6.45, 7) is 7.97. The molecule has 41 heavy (non-hydrogen) atoms. The van der Waals surface area contributed by atoms with Crippen molar-refractivity contribution in [2.75, 3.05) is 19.8 Å². The average Bonchev–Trinajstić information content (AvgIpc) is 2.96. The van der Waals surface area contributed by atoms with E-state index in [1.807, 2.05) is 0 Å². The van der Waals surface area contributed by atoms with Crippen molar-refractivity contribution in [3.05, 3.63) is 0 Å². The molecular formula is C35H68O6. The fourth-order valence-electron chi connectivity index (χ4n) is 4.85. The van der Waals surface area contributed by atoms with Crippen LogP contribution in [0.15, 0.2) is 0 Å². The molecule has 0 aromatic heterocycles. The highest BCUT2D eigenvalue weighted by molar-refractivity contribution is 5.70. The van der Waals surface area contributed by atoms with Gasteiger partial charge >= 0.3 is 11.9 Å². The predicted octanol–water partition coefficient (Wildman–Crippen LogP) is 9.63. The van der Waals surface area contributed by atoms with Crippen molar-refractivity contribution in [2.24, 2.45) is 0 Å². The van der Waals surface area contributed by atoms with Crippen molar-refractivity contribution in [1.82, 2.24) is 0 Å². The zero-order valence-corrected chi connectivity index (χ0v) is 27.7. The highest BCUT2D eigenvalue weighted by atomic mass is 16.6. The van der Waals surface area contributed by atoms with Crippen LogP contribution in [-0.4, -0.2) is 48.6 Å². The molecule has 0 heterocycles. The quantitative estimate of drug-likeness (QED) is 0.0645. The summed E-state index contributed by atoms with van der Waals surface area (Å²) in [5.74, 6) is -0.536. The maximum absolute atomic E-state index is 12.5. The van der Waals surface area contributed by atoms with Gasteiger partial charge in [0.1, 0.15) is 6.61 Å². The van der Waals surface area contributed by atoms with E-state index < -0.39 is 11.7 Å². The summed E-state index contributed by atoms with van der Waals surface area (Å²) in [5.41, 5.74) is -0.750. The van der Waals surface area contributed by atoms with Crippen LogP contribution in [-0.2, 0) is 23.8 Å². The lowest BCUT2D eigenvalue weighted by molar-refractivity contribution is -0.168. The van der Waals surface area contributed by atoms with Crippen molar-refractivity contribution in [3.8, 4) is 0 Å². The molecule has 0 aromatic carbocycles. The van der Waals surface area contributed by atoms with Gasteiger partial charge in [0.25, 0.3) is 0 Å². The van der Waals surface area contributed by atoms with Crippen molar-refractivity contribution in [1.29, 1.82) is 0 Å². The van der Waals surface area contributed by atoms with E-state index in [9.17, 15) is 14.7 Å². The van der Waals surface area contributed by atoms with Gasteiger partial charge in [-0.25, -0.2) is 0 Å². The summed E-state index contributed by atoms with van der Waals surface area (Å²) in [4.78, 5) is 24.8. The maximum Gasteiger partial charge on any atom is 0.306 e. The molecule has 6 heteroatoms. The Morgan fingerprint density at radius 1 is 0.561 bits per heavy atom. The molecule has 0 fully saturated rings. The van der Waals surface area contributed by atoms with Gasteiger partial charge in [-0.15, -0.1) is 0 Å². The Bertz CT molecular complexity index is 591. The molecule has 0 saturated carbocycles. The number of hydrogen-bond donors (Lipinski definition) is 1. The van der Waals surface area contributed by atoms with Gasteiger partial charge in [-0.2, -0.15) is 0 Å². The summed E-state index contributed by atoms with van der Waals surface area (Å²) in [6, 6.07) is 0. The second kappa shape index (κ2) is 29.0. The molecule has 0 aromatic rings. The summed E-state index contributed by atoms with van der Waals surface area (Å²) in [6.07, 6.45) is 27.2. The highest BCUT2D eigenvalue weighted by Crippen LogP contribution is 2.15. The third-order valence-corrected chi connectivity index (χ3v) is 7.74. The number of esters is 2. The Kier molecular flexibility index (Phi) is 28.2. The number of rotatable bonds is 31. The molecule has 0 aliphatic rings. The van der Waals surface area contributed by atoms with E-state index in [0.29, 0.717) is 12.8 Å². The topological polar surface area (TPSA) is 82.1 Å². The van der Waals surface area contributed by atoms with E-state index in [4.69, 9.17) is 14.2 Å². The molecule has 6 nitrogen and oxygen atoms in total. The minimum Gasteiger partial charge on any atom is -0.462 e. The van der Waals surface area contributed by atoms with Crippen LogP contribution in [0.3, 0.4) is 0 Å². The molecule has 0 radical (unpaired) electrons. The van der Waals surface area contributed by atoms with Gasteiger partial charge in [0.2, 0.25) is 0 Å². The second-order valence-corrected chi connectivity index (χ2v) is 12.6. The van der Waals surface area contributed by atoms with Crippen LogP contribution < -0.4 is 0 Å². The molecule has 1 atom stereocenters. The highest BCUT2D eigenvalue weighted by Gasteiger charge is 2.23. The van der Waals surface area contributed by atoms with Crippen LogP contribution in [0.5, 0.6) is 0 Å². The molecule has 0 amide bonds. The second-order valence-electron chi connectivity index (χ2n) is 12.6. The van der Waals surface area contributed by atoms with Gasteiger partial charge in [-0.3, -0.25) is 9.59 Å². The average molecular weight is 585 g/mol. The molecule has 0 aliphatic carbocycles. The number of aliphatic hydroxyl groups is 1. The Hall–Kier alpha value is -1.14. The molecular weight excluding hydrogens is 516 g/mol. The molecule has 0 saturated heterocycles. The molecule has 244 valence electrons. The zero-order chi connectivity index (χ0) is 30.4. The summed E-state index contributed by atoms with van der Waals surface area (Å²) in [5, 5.41) is 9.49. The van der Waals surface area contributed by atoms with Crippen molar-refractivity contribution in [2.45, 2.75) is 193 Å². The number of carbonyl (C=O) groups excluding carboxylic acids is 2. The summed E-state index contributed by atoms with van der Waals surface area (Å²) >= 11 is 0. The van der Waals surface area contributed by atoms with Crippen LogP contribution in [0.1, 0.15) is 182 Å². The van der Waals surface area contributed by atoms with E-state index in [1.165, 1.54) is 103 Å². The largest absolute Gasteiger partial charge is 0.462 e. The van der Waals surface area contributed by atoms with E-state index in [1.54, 1.807) is 13.8 Å².